The molecular formula is C15H21BrN2O2. The van der Waals surface area contributed by atoms with E-state index in [2.05, 4.69) is 26.6 Å². The van der Waals surface area contributed by atoms with Crippen LogP contribution >= 0.6 is 15.9 Å². The molecule has 0 saturated carbocycles. The van der Waals surface area contributed by atoms with Crippen LogP contribution in [0.4, 0.5) is 0 Å². The summed E-state index contributed by atoms with van der Waals surface area (Å²) in [6.45, 7) is 5.99. The molecule has 0 aromatic heterocycles. The molecule has 1 aromatic carbocycles. The molecule has 1 aromatic rings. The zero-order chi connectivity index (χ0) is 15.3. The van der Waals surface area contributed by atoms with E-state index in [1.54, 1.807) is 13.1 Å². The highest BCUT2D eigenvalue weighted by atomic mass is 79.9. The van der Waals surface area contributed by atoms with E-state index in [0.717, 1.165) is 10.0 Å². The van der Waals surface area contributed by atoms with Gasteiger partial charge in [-0.1, -0.05) is 19.9 Å². The van der Waals surface area contributed by atoms with Gasteiger partial charge < -0.3 is 10.6 Å². The number of carbonyl (C=O) groups is 2. The predicted octanol–water partition coefficient (Wildman–Crippen LogP) is 2.65. The Morgan fingerprint density at radius 3 is 2.45 bits per heavy atom. The standard InChI is InChI=1S/C15H21BrN2O2/c1-9(2)7-13(15(20)17-4)18-14(19)11-6-5-10(3)8-12(11)16/h5-6,8-9,13H,7H2,1-4H3,(H,17,20)(H,18,19). The van der Waals surface area contributed by atoms with Crippen LogP contribution in [0, 0.1) is 12.8 Å². The average Bonchev–Trinajstić information content (AvgIpc) is 2.36. The van der Waals surface area contributed by atoms with Gasteiger partial charge in [-0.05, 0) is 52.9 Å². The second kappa shape index (κ2) is 7.43. The van der Waals surface area contributed by atoms with Crippen molar-refractivity contribution in [1.82, 2.24) is 10.6 Å². The van der Waals surface area contributed by atoms with Crippen molar-refractivity contribution >= 4 is 27.7 Å². The lowest BCUT2D eigenvalue weighted by atomic mass is 10.0. The monoisotopic (exact) mass is 340 g/mol. The SMILES string of the molecule is CNC(=O)C(CC(C)C)NC(=O)c1ccc(C)cc1Br. The molecule has 0 heterocycles. The lowest BCUT2D eigenvalue weighted by Crippen LogP contribution is -2.46. The summed E-state index contributed by atoms with van der Waals surface area (Å²) in [6.07, 6.45) is 0.606. The van der Waals surface area contributed by atoms with E-state index in [1.807, 2.05) is 32.9 Å². The largest absolute Gasteiger partial charge is 0.357 e. The maximum Gasteiger partial charge on any atom is 0.253 e. The zero-order valence-corrected chi connectivity index (χ0v) is 13.9. The lowest BCUT2D eigenvalue weighted by molar-refractivity contribution is -0.122. The van der Waals surface area contributed by atoms with Crippen LogP contribution in [0.25, 0.3) is 0 Å². The van der Waals surface area contributed by atoms with Crippen LogP contribution in [-0.4, -0.2) is 24.9 Å². The number of likely N-dealkylation sites (N-methyl/N-ethyl adjacent to an activating group) is 1. The van der Waals surface area contributed by atoms with E-state index in [-0.39, 0.29) is 11.8 Å². The second-order valence-corrected chi connectivity index (χ2v) is 6.11. The number of rotatable bonds is 5. The zero-order valence-electron chi connectivity index (χ0n) is 12.3. The van der Waals surface area contributed by atoms with E-state index in [0.29, 0.717) is 17.9 Å². The van der Waals surface area contributed by atoms with E-state index in [4.69, 9.17) is 0 Å². The molecule has 0 saturated heterocycles. The van der Waals surface area contributed by atoms with Gasteiger partial charge in [-0.15, -0.1) is 0 Å². The maximum absolute atomic E-state index is 12.3. The molecule has 1 atom stereocenters. The van der Waals surface area contributed by atoms with Crippen molar-refractivity contribution < 1.29 is 9.59 Å². The summed E-state index contributed by atoms with van der Waals surface area (Å²) in [7, 11) is 1.57. The average molecular weight is 341 g/mol. The fraction of sp³-hybridized carbons (Fsp3) is 0.467. The third-order valence-corrected chi connectivity index (χ3v) is 3.60. The second-order valence-electron chi connectivity index (χ2n) is 5.25. The Morgan fingerprint density at radius 1 is 1.30 bits per heavy atom. The molecule has 1 unspecified atom stereocenters. The molecule has 0 radical (unpaired) electrons. The van der Waals surface area contributed by atoms with Gasteiger partial charge in [0, 0.05) is 11.5 Å². The highest BCUT2D eigenvalue weighted by Gasteiger charge is 2.22. The van der Waals surface area contributed by atoms with Crippen molar-refractivity contribution in [2.45, 2.75) is 33.2 Å². The summed E-state index contributed by atoms with van der Waals surface area (Å²) in [5, 5.41) is 5.38. The van der Waals surface area contributed by atoms with Gasteiger partial charge in [0.2, 0.25) is 5.91 Å². The van der Waals surface area contributed by atoms with Crippen LogP contribution in [-0.2, 0) is 4.79 Å². The number of hydrogen-bond acceptors (Lipinski definition) is 2. The molecule has 0 bridgehead atoms. The molecule has 0 spiro atoms. The van der Waals surface area contributed by atoms with Gasteiger partial charge in [-0.2, -0.15) is 0 Å². The third kappa shape index (κ3) is 4.63. The van der Waals surface area contributed by atoms with Gasteiger partial charge in [-0.25, -0.2) is 0 Å². The first-order valence-electron chi connectivity index (χ1n) is 6.63. The highest BCUT2D eigenvalue weighted by molar-refractivity contribution is 9.10. The number of amides is 2. The summed E-state index contributed by atoms with van der Waals surface area (Å²) in [6, 6.07) is 5.00. The van der Waals surface area contributed by atoms with E-state index < -0.39 is 6.04 Å². The Morgan fingerprint density at radius 2 is 1.95 bits per heavy atom. The minimum atomic E-state index is -0.513. The molecular weight excluding hydrogens is 320 g/mol. The highest BCUT2D eigenvalue weighted by Crippen LogP contribution is 2.18. The summed E-state index contributed by atoms with van der Waals surface area (Å²) in [5.41, 5.74) is 1.60. The van der Waals surface area contributed by atoms with Crippen molar-refractivity contribution in [3.63, 3.8) is 0 Å². The fourth-order valence-electron chi connectivity index (χ4n) is 1.92. The molecule has 0 aliphatic carbocycles. The summed E-state index contributed by atoms with van der Waals surface area (Å²) in [4.78, 5) is 24.1. The number of carbonyl (C=O) groups excluding carboxylic acids is 2. The molecule has 110 valence electrons. The first-order valence-corrected chi connectivity index (χ1v) is 7.43. The van der Waals surface area contributed by atoms with Gasteiger partial charge >= 0.3 is 0 Å². The van der Waals surface area contributed by atoms with Crippen LogP contribution in [0.3, 0.4) is 0 Å². The lowest BCUT2D eigenvalue weighted by Gasteiger charge is -2.19. The molecule has 20 heavy (non-hydrogen) atoms. The van der Waals surface area contributed by atoms with E-state index >= 15 is 0 Å². The Balaban J connectivity index is 2.87. The normalized spacial score (nSPS) is 12.1. The maximum atomic E-state index is 12.3. The van der Waals surface area contributed by atoms with Crippen LogP contribution < -0.4 is 10.6 Å². The van der Waals surface area contributed by atoms with E-state index in [9.17, 15) is 9.59 Å². The van der Waals surface area contributed by atoms with Crippen LogP contribution in [0.1, 0.15) is 36.2 Å². The van der Waals surface area contributed by atoms with Crippen LogP contribution in [0.15, 0.2) is 22.7 Å². The van der Waals surface area contributed by atoms with Gasteiger partial charge in [0.05, 0.1) is 5.56 Å². The first-order chi connectivity index (χ1) is 9.35. The Hall–Kier alpha value is -1.36. The predicted molar refractivity (Wildman–Crippen MR) is 83.7 cm³/mol. The molecule has 4 nitrogen and oxygen atoms in total. The summed E-state index contributed by atoms with van der Waals surface area (Å²) >= 11 is 3.38. The Kier molecular flexibility index (Phi) is 6.20. The molecule has 2 N–H and O–H groups in total. The topological polar surface area (TPSA) is 58.2 Å². The number of nitrogens with one attached hydrogen (secondary N) is 2. The van der Waals surface area contributed by atoms with Crippen molar-refractivity contribution in [3.05, 3.63) is 33.8 Å². The molecule has 1 rings (SSSR count). The Bertz CT molecular complexity index is 501. The smallest absolute Gasteiger partial charge is 0.253 e. The molecule has 0 aliphatic rings. The van der Waals surface area contributed by atoms with Crippen LogP contribution in [0.5, 0.6) is 0 Å². The van der Waals surface area contributed by atoms with Crippen LogP contribution in [0.2, 0.25) is 0 Å². The quantitative estimate of drug-likeness (QED) is 0.865. The van der Waals surface area contributed by atoms with Crippen molar-refractivity contribution in [2.75, 3.05) is 7.05 Å². The summed E-state index contributed by atoms with van der Waals surface area (Å²) < 4.78 is 0.732. The molecule has 0 fully saturated rings. The van der Waals surface area contributed by atoms with Crippen molar-refractivity contribution in [1.29, 1.82) is 0 Å². The number of benzene rings is 1. The molecule has 0 aliphatic heterocycles. The minimum absolute atomic E-state index is 0.171. The summed E-state index contributed by atoms with van der Waals surface area (Å²) in [5.74, 6) is -0.0968. The van der Waals surface area contributed by atoms with Crippen molar-refractivity contribution in [3.8, 4) is 0 Å². The van der Waals surface area contributed by atoms with E-state index in [1.165, 1.54) is 0 Å². The van der Waals surface area contributed by atoms with Gasteiger partial charge in [0.1, 0.15) is 6.04 Å². The number of halogens is 1. The molecule has 5 heteroatoms. The Labute approximate surface area is 128 Å². The molecule has 2 amide bonds. The first kappa shape index (κ1) is 16.7. The third-order valence-electron chi connectivity index (χ3n) is 2.94. The fourth-order valence-corrected chi connectivity index (χ4v) is 2.59. The number of aryl methyl sites for hydroxylation is 1. The van der Waals surface area contributed by atoms with Gasteiger partial charge in [-0.3, -0.25) is 9.59 Å². The van der Waals surface area contributed by atoms with Gasteiger partial charge in [0.25, 0.3) is 5.91 Å². The van der Waals surface area contributed by atoms with Crippen molar-refractivity contribution in [2.24, 2.45) is 5.92 Å². The number of hydrogen-bond donors (Lipinski definition) is 2. The minimum Gasteiger partial charge on any atom is -0.357 e. The van der Waals surface area contributed by atoms with Gasteiger partial charge in [0.15, 0.2) is 0 Å².